The van der Waals surface area contributed by atoms with Crippen LogP contribution in [0.2, 0.25) is 0 Å². The van der Waals surface area contributed by atoms with Gasteiger partial charge in [0.2, 0.25) is 0 Å². The van der Waals surface area contributed by atoms with Gasteiger partial charge in [0.15, 0.2) is 0 Å². The molecule has 0 atom stereocenters. The minimum Gasteiger partial charge on any atom is -0.357 e. The smallest absolute Gasteiger partial charge is 0.259 e. The standard InChI is InChI=1S/C23H34N2O2/c1-18(2)11-16-24(3)19-9-12-22(13-10-19)17-25(20-7-5-4-6-8-20)21(26)23(27-22)14-15-23/h4-8,18-19H,9-17H2,1-3H3. The molecule has 1 amide bonds. The molecule has 2 saturated carbocycles. The number of carbonyl (C=O) groups is 1. The van der Waals surface area contributed by atoms with Crippen molar-refractivity contribution in [3.05, 3.63) is 30.3 Å². The van der Waals surface area contributed by atoms with Crippen molar-refractivity contribution in [1.82, 2.24) is 4.90 Å². The fraction of sp³-hybridized carbons (Fsp3) is 0.696. The van der Waals surface area contributed by atoms with Gasteiger partial charge in [-0.25, -0.2) is 0 Å². The van der Waals surface area contributed by atoms with Crippen molar-refractivity contribution in [3.63, 3.8) is 0 Å². The molecule has 4 rings (SSSR count). The van der Waals surface area contributed by atoms with Gasteiger partial charge in [-0.05, 0) is 76.6 Å². The van der Waals surface area contributed by atoms with Crippen molar-refractivity contribution < 1.29 is 9.53 Å². The number of amides is 1. The van der Waals surface area contributed by atoms with Crippen LogP contribution in [-0.2, 0) is 9.53 Å². The number of hydrogen-bond acceptors (Lipinski definition) is 3. The minimum atomic E-state index is -0.523. The fourth-order valence-corrected chi connectivity index (χ4v) is 4.82. The van der Waals surface area contributed by atoms with Crippen LogP contribution in [0.3, 0.4) is 0 Å². The zero-order valence-electron chi connectivity index (χ0n) is 17.1. The minimum absolute atomic E-state index is 0.157. The van der Waals surface area contributed by atoms with Gasteiger partial charge in [-0.2, -0.15) is 0 Å². The lowest BCUT2D eigenvalue weighted by Gasteiger charge is -2.50. The van der Waals surface area contributed by atoms with Crippen LogP contribution in [0.1, 0.15) is 58.8 Å². The van der Waals surface area contributed by atoms with Gasteiger partial charge in [0.1, 0.15) is 5.60 Å². The lowest BCUT2D eigenvalue weighted by Crippen LogP contribution is -2.62. The van der Waals surface area contributed by atoms with E-state index in [2.05, 4.69) is 37.9 Å². The van der Waals surface area contributed by atoms with Gasteiger partial charge >= 0.3 is 0 Å². The van der Waals surface area contributed by atoms with Gasteiger partial charge in [0.05, 0.1) is 12.1 Å². The first kappa shape index (κ1) is 18.9. The summed E-state index contributed by atoms with van der Waals surface area (Å²) < 4.78 is 6.59. The summed E-state index contributed by atoms with van der Waals surface area (Å²) in [6.07, 6.45) is 7.48. The lowest BCUT2D eigenvalue weighted by molar-refractivity contribution is -0.171. The average Bonchev–Trinajstić information content (AvgIpc) is 3.44. The summed E-state index contributed by atoms with van der Waals surface area (Å²) in [5.74, 6) is 0.930. The number of anilines is 1. The Morgan fingerprint density at radius 3 is 2.41 bits per heavy atom. The lowest BCUT2D eigenvalue weighted by atomic mass is 9.79. The molecule has 4 nitrogen and oxygen atoms in total. The van der Waals surface area contributed by atoms with Gasteiger partial charge in [0, 0.05) is 11.7 Å². The van der Waals surface area contributed by atoms with Gasteiger partial charge in [0.25, 0.3) is 5.91 Å². The zero-order chi connectivity index (χ0) is 19.1. The summed E-state index contributed by atoms with van der Waals surface area (Å²) in [5.41, 5.74) is 0.341. The molecule has 3 fully saturated rings. The van der Waals surface area contributed by atoms with Crippen molar-refractivity contribution in [1.29, 1.82) is 0 Å². The van der Waals surface area contributed by atoms with Crippen molar-refractivity contribution in [2.75, 3.05) is 25.0 Å². The van der Waals surface area contributed by atoms with E-state index in [1.807, 2.05) is 23.1 Å². The van der Waals surface area contributed by atoms with Crippen LogP contribution in [0.5, 0.6) is 0 Å². The van der Waals surface area contributed by atoms with E-state index in [0.29, 0.717) is 12.6 Å². The first-order valence-corrected chi connectivity index (χ1v) is 10.7. The second kappa shape index (κ2) is 7.21. The molecule has 3 aliphatic rings. The van der Waals surface area contributed by atoms with Crippen LogP contribution in [0.4, 0.5) is 5.69 Å². The second-order valence-electron chi connectivity index (χ2n) is 9.40. The van der Waals surface area contributed by atoms with Crippen LogP contribution in [-0.4, -0.2) is 48.2 Å². The van der Waals surface area contributed by atoms with E-state index >= 15 is 0 Å². The summed E-state index contributed by atoms with van der Waals surface area (Å²) in [6.45, 7) is 6.47. The molecule has 1 aliphatic heterocycles. The molecule has 0 aromatic heterocycles. The fourth-order valence-electron chi connectivity index (χ4n) is 4.82. The highest BCUT2D eigenvalue weighted by molar-refractivity contribution is 6.02. The number of nitrogens with zero attached hydrogens (tertiary/aromatic N) is 2. The summed E-state index contributed by atoms with van der Waals surface area (Å²) in [5, 5.41) is 0. The first-order valence-electron chi connectivity index (χ1n) is 10.7. The largest absolute Gasteiger partial charge is 0.357 e. The molecule has 4 heteroatoms. The monoisotopic (exact) mass is 370 g/mol. The van der Waals surface area contributed by atoms with Crippen LogP contribution in [0.25, 0.3) is 0 Å². The predicted octanol–water partition coefficient (Wildman–Crippen LogP) is 4.24. The van der Waals surface area contributed by atoms with Gasteiger partial charge in [-0.1, -0.05) is 32.0 Å². The molecule has 2 spiro atoms. The highest BCUT2D eigenvalue weighted by Gasteiger charge is 2.62. The Morgan fingerprint density at radius 2 is 1.81 bits per heavy atom. The van der Waals surface area contributed by atoms with E-state index in [1.54, 1.807) is 0 Å². The zero-order valence-corrected chi connectivity index (χ0v) is 17.1. The highest BCUT2D eigenvalue weighted by Crippen LogP contribution is 2.51. The van der Waals surface area contributed by atoms with E-state index in [0.717, 1.165) is 37.3 Å². The molecular weight excluding hydrogens is 336 g/mol. The molecule has 1 heterocycles. The Bertz CT molecular complexity index is 660. The third-order valence-corrected chi connectivity index (χ3v) is 6.81. The van der Waals surface area contributed by atoms with Crippen LogP contribution < -0.4 is 4.90 Å². The maximum absolute atomic E-state index is 13.1. The first-order chi connectivity index (χ1) is 12.9. The van der Waals surface area contributed by atoms with Gasteiger partial charge in [-0.3, -0.25) is 4.79 Å². The number of ether oxygens (including phenoxy) is 1. The molecular formula is C23H34N2O2. The maximum atomic E-state index is 13.1. The Balaban J connectivity index is 1.45. The Labute approximate surface area is 163 Å². The van der Waals surface area contributed by atoms with Gasteiger partial charge < -0.3 is 14.5 Å². The number of hydrogen-bond donors (Lipinski definition) is 0. The summed E-state index contributed by atoms with van der Waals surface area (Å²) in [7, 11) is 2.27. The number of morpholine rings is 1. The number of rotatable bonds is 5. The molecule has 0 N–H and O–H groups in total. The van der Waals surface area contributed by atoms with Gasteiger partial charge in [-0.15, -0.1) is 0 Å². The van der Waals surface area contributed by atoms with Crippen LogP contribution in [0, 0.1) is 5.92 Å². The average molecular weight is 371 g/mol. The van der Waals surface area contributed by atoms with Crippen molar-refractivity contribution in [2.45, 2.75) is 76.0 Å². The number of benzene rings is 1. The summed E-state index contributed by atoms with van der Waals surface area (Å²) in [6, 6.07) is 10.8. The quantitative estimate of drug-likeness (QED) is 0.777. The van der Waals surface area contributed by atoms with E-state index in [1.165, 1.54) is 25.8 Å². The molecule has 2 aliphatic carbocycles. The molecule has 27 heavy (non-hydrogen) atoms. The topological polar surface area (TPSA) is 32.8 Å². The summed E-state index contributed by atoms with van der Waals surface area (Å²) in [4.78, 5) is 17.6. The molecule has 1 aromatic carbocycles. The molecule has 0 bridgehead atoms. The molecule has 148 valence electrons. The maximum Gasteiger partial charge on any atom is 0.259 e. The SMILES string of the molecule is CC(C)CCN(C)C1CCC2(CC1)CN(c1ccccc1)C(=O)C1(CC1)O2. The summed E-state index contributed by atoms with van der Waals surface area (Å²) >= 11 is 0. The Morgan fingerprint density at radius 1 is 1.15 bits per heavy atom. The van der Waals surface area contributed by atoms with Crippen LogP contribution >= 0.6 is 0 Å². The number of carbonyl (C=O) groups excluding carboxylic acids is 1. The second-order valence-corrected chi connectivity index (χ2v) is 9.40. The number of para-hydroxylation sites is 1. The van der Waals surface area contributed by atoms with E-state index < -0.39 is 5.60 Å². The third kappa shape index (κ3) is 3.79. The molecule has 1 saturated heterocycles. The molecule has 1 aromatic rings. The van der Waals surface area contributed by atoms with E-state index in [-0.39, 0.29) is 11.5 Å². The van der Waals surface area contributed by atoms with Crippen molar-refractivity contribution >= 4 is 11.6 Å². The van der Waals surface area contributed by atoms with Crippen molar-refractivity contribution in [3.8, 4) is 0 Å². The third-order valence-electron chi connectivity index (χ3n) is 6.81. The highest BCUT2D eigenvalue weighted by atomic mass is 16.5. The normalized spacial score (nSPS) is 29.9. The van der Waals surface area contributed by atoms with E-state index in [4.69, 9.17) is 4.74 Å². The Kier molecular flexibility index (Phi) is 5.06. The van der Waals surface area contributed by atoms with Crippen LogP contribution in [0.15, 0.2) is 30.3 Å². The van der Waals surface area contributed by atoms with Crippen molar-refractivity contribution in [2.24, 2.45) is 5.92 Å². The Hall–Kier alpha value is -1.39. The molecule has 0 radical (unpaired) electrons. The predicted molar refractivity (Wildman–Crippen MR) is 109 cm³/mol. The van der Waals surface area contributed by atoms with E-state index in [9.17, 15) is 4.79 Å². The molecule has 0 unspecified atom stereocenters.